The van der Waals surface area contributed by atoms with E-state index in [1.165, 1.54) is 0 Å². The second kappa shape index (κ2) is 11.4. The molecule has 0 aliphatic rings. The molecule has 2 aromatic carbocycles. The second-order valence-corrected chi connectivity index (χ2v) is 10.7. The molecule has 13 heteroatoms. The first kappa shape index (κ1) is 25.8. The van der Waals surface area contributed by atoms with Crippen molar-refractivity contribution in [3.8, 4) is 22.9 Å². The molecular formula is C28H22N8O4S. The molecule has 0 aliphatic heterocycles. The molecule has 0 atom stereocenters. The van der Waals surface area contributed by atoms with Crippen LogP contribution >= 0.6 is 0 Å². The van der Waals surface area contributed by atoms with E-state index in [-0.39, 0.29) is 22.9 Å². The Morgan fingerprint density at radius 3 is 1.32 bits per heavy atom. The van der Waals surface area contributed by atoms with E-state index < -0.39 is 9.84 Å². The Balaban J connectivity index is 1.05. The molecule has 41 heavy (non-hydrogen) atoms. The largest absolute Gasteiger partial charge is 0.419 e. The van der Waals surface area contributed by atoms with Crippen LogP contribution in [-0.2, 0) is 22.9 Å². The number of aromatic nitrogens is 6. The molecule has 0 saturated heterocycles. The first-order valence-corrected chi connectivity index (χ1v) is 13.9. The summed E-state index contributed by atoms with van der Waals surface area (Å²) >= 11 is 0. The Morgan fingerprint density at radius 2 is 0.927 bits per heavy atom. The summed E-state index contributed by atoms with van der Waals surface area (Å²) in [5, 5.41) is 22.5. The number of pyridine rings is 2. The van der Waals surface area contributed by atoms with Crippen molar-refractivity contribution in [3.05, 3.63) is 109 Å². The van der Waals surface area contributed by atoms with E-state index in [1.54, 1.807) is 97.6 Å². The quantitative estimate of drug-likeness (QED) is 0.237. The number of anilines is 2. The van der Waals surface area contributed by atoms with Gasteiger partial charge in [-0.15, -0.1) is 20.4 Å². The molecule has 4 heterocycles. The van der Waals surface area contributed by atoms with Crippen LogP contribution in [-0.4, -0.2) is 38.8 Å². The highest BCUT2D eigenvalue weighted by atomic mass is 32.2. The van der Waals surface area contributed by atoms with Crippen LogP contribution in [0, 0.1) is 0 Å². The molecule has 2 N–H and O–H groups in total. The lowest BCUT2D eigenvalue weighted by Crippen LogP contribution is -2.04. The number of benzene rings is 2. The lowest BCUT2D eigenvalue weighted by Gasteiger charge is -2.09. The Labute approximate surface area is 234 Å². The van der Waals surface area contributed by atoms with Crippen LogP contribution in [0.4, 0.5) is 11.4 Å². The highest BCUT2D eigenvalue weighted by Crippen LogP contribution is 2.25. The molecule has 0 fully saturated rings. The fraction of sp³-hybridized carbons (Fsp3) is 0.0714. The fourth-order valence-corrected chi connectivity index (χ4v) is 5.13. The summed E-state index contributed by atoms with van der Waals surface area (Å²) in [5.74, 6) is 1.60. The van der Waals surface area contributed by atoms with Gasteiger partial charge in [0.2, 0.25) is 33.4 Å². The van der Waals surface area contributed by atoms with Crippen LogP contribution in [0.2, 0.25) is 0 Å². The molecule has 0 bridgehead atoms. The molecule has 0 aliphatic carbocycles. The third kappa shape index (κ3) is 5.94. The van der Waals surface area contributed by atoms with Gasteiger partial charge in [0.15, 0.2) is 0 Å². The maximum atomic E-state index is 13.2. The summed E-state index contributed by atoms with van der Waals surface area (Å²) in [7, 11) is -3.71. The summed E-state index contributed by atoms with van der Waals surface area (Å²) < 4.78 is 37.7. The van der Waals surface area contributed by atoms with Gasteiger partial charge in [0.1, 0.15) is 0 Å². The molecule has 0 unspecified atom stereocenters. The first-order chi connectivity index (χ1) is 20.0. The van der Waals surface area contributed by atoms with Gasteiger partial charge in [0.05, 0.1) is 22.9 Å². The molecule has 0 spiro atoms. The Hall–Kier alpha value is -5.43. The van der Waals surface area contributed by atoms with Crippen molar-refractivity contribution >= 4 is 21.2 Å². The Morgan fingerprint density at radius 1 is 0.537 bits per heavy atom. The first-order valence-electron chi connectivity index (χ1n) is 12.4. The maximum absolute atomic E-state index is 13.2. The van der Waals surface area contributed by atoms with Crippen molar-refractivity contribution in [3.63, 3.8) is 0 Å². The lowest BCUT2D eigenvalue weighted by molar-refractivity contribution is 0.514. The van der Waals surface area contributed by atoms with Crippen molar-refractivity contribution in [2.24, 2.45) is 0 Å². The minimum absolute atomic E-state index is 0.177. The molecule has 0 saturated carbocycles. The van der Waals surface area contributed by atoms with Crippen LogP contribution in [0.25, 0.3) is 22.9 Å². The zero-order valence-electron chi connectivity index (χ0n) is 21.4. The minimum Gasteiger partial charge on any atom is -0.419 e. The van der Waals surface area contributed by atoms with Crippen molar-refractivity contribution in [2.45, 2.75) is 22.9 Å². The van der Waals surface area contributed by atoms with E-state index in [1.807, 2.05) is 0 Å². The molecule has 6 aromatic rings. The number of rotatable bonds is 10. The topological polar surface area (TPSA) is 162 Å². The van der Waals surface area contributed by atoms with Gasteiger partial charge >= 0.3 is 0 Å². The van der Waals surface area contributed by atoms with Crippen LogP contribution < -0.4 is 10.6 Å². The number of hydrogen-bond donors (Lipinski definition) is 2. The summed E-state index contributed by atoms with van der Waals surface area (Å²) in [6, 6.07) is 20.1. The monoisotopic (exact) mass is 566 g/mol. The number of nitrogens with one attached hydrogen (secondary N) is 2. The van der Waals surface area contributed by atoms with Crippen LogP contribution in [0.5, 0.6) is 0 Å². The molecule has 0 radical (unpaired) electrons. The Kier molecular flexibility index (Phi) is 7.15. The number of sulfone groups is 1. The molecule has 204 valence electrons. The van der Waals surface area contributed by atoms with E-state index in [9.17, 15) is 8.42 Å². The predicted octanol–water partition coefficient (Wildman–Crippen LogP) is 4.63. The highest BCUT2D eigenvalue weighted by Gasteiger charge is 2.18. The highest BCUT2D eigenvalue weighted by molar-refractivity contribution is 7.91. The molecule has 4 aromatic heterocycles. The standard InChI is InChI=1S/C28H22N8O4S/c37-41(38,23-5-1-21(2-6-23)31-17-25-33-35-27(39-25)19-9-13-29-14-10-19)24-7-3-22(4-8-24)32-18-26-34-36-28(40-26)20-11-15-30-16-12-20/h1-16,31-32H,17-18H2. The van der Waals surface area contributed by atoms with Gasteiger partial charge < -0.3 is 19.5 Å². The van der Waals surface area contributed by atoms with Crippen molar-refractivity contribution in [2.75, 3.05) is 10.6 Å². The van der Waals surface area contributed by atoms with E-state index in [0.717, 1.165) is 11.1 Å². The third-order valence-electron chi connectivity index (χ3n) is 6.00. The van der Waals surface area contributed by atoms with Crippen LogP contribution in [0.3, 0.4) is 0 Å². The number of hydrogen-bond acceptors (Lipinski definition) is 12. The SMILES string of the molecule is O=S(=O)(c1ccc(NCc2nnc(-c3ccncc3)o2)cc1)c1ccc(NCc2nnc(-c3ccncc3)o2)cc1. The summed E-state index contributed by atoms with van der Waals surface area (Å²) in [6.45, 7) is 0.570. The van der Waals surface area contributed by atoms with E-state index in [4.69, 9.17) is 8.83 Å². The second-order valence-electron chi connectivity index (χ2n) is 8.73. The summed E-state index contributed by atoms with van der Waals surface area (Å²) in [6.07, 6.45) is 6.60. The summed E-state index contributed by atoms with van der Waals surface area (Å²) in [5.41, 5.74) is 2.97. The maximum Gasteiger partial charge on any atom is 0.247 e. The van der Waals surface area contributed by atoms with Crippen molar-refractivity contribution in [1.82, 2.24) is 30.4 Å². The molecule has 6 rings (SSSR count). The average Bonchev–Trinajstić information content (AvgIpc) is 3.71. The fourth-order valence-electron chi connectivity index (χ4n) is 3.87. The average molecular weight is 567 g/mol. The predicted molar refractivity (Wildman–Crippen MR) is 148 cm³/mol. The molecule has 0 amide bonds. The number of nitrogens with zero attached hydrogens (tertiary/aromatic N) is 6. The van der Waals surface area contributed by atoms with Crippen molar-refractivity contribution in [1.29, 1.82) is 0 Å². The van der Waals surface area contributed by atoms with Gasteiger partial charge in [-0.1, -0.05) is 0 Å². The zero-order valence-corrected chi connectivity index (χ0v) is 22.2. The van der Waals surface area contributed by atoms with Gasteiger partial charge in [-0.25, -0.2) is 8.42 Å². The Bertz CT molecular complexity index is 1710. The third-order valence-corrected chi connectivity index (χ3v) is 7.79. The van der Waals surface area contributed by atoms with Gasteiger partial charge in [-0.2, -0.15) is 0 Å². The smallest absolute Gasteiger partial charge is 0.247 e. The molecular weight excluding hydrogens is 544 g/mol. The lowest BCUT2D eigenvalue weighted by atomic mass is 10.3. The van der Waals surface area contributed by atoms with Gasteiger partial charge in [-0.05, 0) is 72.8 Å². The summed E-state index contributed by atoms with van der Waals surface area (Å²) in [4.78, 5) is 8.30. The van der Waals surface area contributed by atoms with E-state index in [0.29, 0.717) is 34.9 Å². The van der Waals surface area contributed by atoms with E-state index in [2.05, 4.69) is 41.0 Å². The van der Waals surface area contributed by atoms with E-state index >= 15 is 0 Å². The van der Waals surface area contributed by atoms with Crippen molar-refractivity contribution < 1.29 is 17.3 Å². The molecule has 12 nitrogen and oxygen atoms in total. The van der Waals surface area contributed by atoms with Crippen LogP contribution in [0.15, 0.2) is 116 Å². The van der Waals surface area contributed by atoms with Crippen LogP contribution in [0.1, 0.15) is 11.8 Å². The van der Waals surface area contributed by atoms with Gasteiger partial charge in [0.25, 0.3) is 0 Å². The van der Waals surface area contributed by atoms with Gasteiger partial charge in [-0.3, -0.25) is 9.97 Å². The zero-order chi connectivity index (χ0) is 28.1. The minimum atomic E-state index is -3.71. The van der Waals surface area contributed by atoms with Gasteiger partial charge in [0, 0.05) is 47.3 Å². The normalized spacial score (nSPS) is 11.3.